The first kappa shape index (κ1) is 18.0. The third kappa shape index (κ3) is 4.14. The van der Waals surface area contributed by atoms with E-state index in [-0.39, 0.29) is 11.3 Å². The Morgan fingerprint density at radius 1 is 1.25 bits per heavy atom. The molecule has 8 heteroatoms. The summed E-state index contributed by atoms with van der Waals surface area (Å²) >= 11 is 0. The number of aromatic nitrogens is 2. The summed E-state index contributed by atoms with van der Waals surface area (Å²) in [6.45, 7) is 3.42. The summed E-state index contributed by atoms with van der Waals surface area (Å²) in [7, 11) is 0. The minimum absolute atomic E-state index is 0.0832. The second-order valence-corrected chi connectivity index (χ2v) is 5.88. The summed E-state index contributed by atoms with van der Waals surface area (Å²) < 4.78 is 39.6. The molecule has 0 aliphatic rings. The van der Waals surface area contributed by atoms with E-state index in [9.17, 15) is 23.1 Å². The van der Waals surface area contributed by atoms with Gasteiger partial charge in [0.2, 0.25) is 0 Å². The zero-order valence-electron chi connectivity index (χ0n) is 13.2. The van der Waals surface area contributed by atoms with Gasteiger partial charge in [0.25, 0.3) is 5.91 Å². The molecule has 0 aliphatic heterocycles. The number of nitrogens with zero attached hydrogens (tertiary/aromatic N) is 1. The van der Waals surface area contributed by atoms with E-state index in [1.165, 1.54) is 0 Å². The highest BCUT2D eigenvalue weighted by molar-refractivity contribution is 5.92. The van der Waals surface area contributed by atoms with E-state index in [0.717, 1.165) is 17.8 Å². The summed E-state index contributed by atoms with van der Waals surface area (Å²) in [5.74, 6) is -4.64. The van der Waals surface area contributed by atoms with Crippen molar-refractivity contribution in [2.45, 2.75) is 26.3 Å². The average molecular weight is 341 g/mol. The summed E-state index contributed by atoms with van der Waals surface area (Å²) in [5, 5.41) is 18.4. The molecule has 1 unspecified atom stereocenters. The summed E-state index contributed by atoms with van der Waals surface area (Å²) in [6, 6.07) is 1.94. The lowest BCUT2D eigenvalue weighted by molar-refractivity contribution is 0.0910. The van der Waals surface area contributed by atoms with Crippen molar-refractivity contribution in [1.29, 1.82) is 0 Å². The molecule has 0 spiro atoms. The molecule has 0 fully saturated rings. The molecule has 1 heterocycles. The van der Waals surface area contributed by atoms with Crippen LogP contribution in [-0.4, -0.2) is 27.8 Å². The number of halogens is 3. The Hall–Kier alpha value is -2.35. The molecule has 1 amide bonds. The minimum atomic E-state index is -1.60. The van der Waals surface area contributed by atoms with Gasteiger partial charge in [-0.3, -0.25) is 9.89 Å². The SMILES string of the molecule is CC(C)Cc1cc(C(=O)NC(CO)c2cc(F)c(F)c(F)c2)n[nH]1. The molecule has 2 aromatic rings. The monoisotopic (exact) mass is 341 g/mol. The highest BCUT2D eigenvalue weighted by Crippen LogP contribution is 2.19. The average Bonchev–Trinajstić information content (AvgIpc) is 2.97. The van der Waals surface area contributed by atoms with E-state index in [0.29, 0.717) is 12.3 Å². The lowest BCUT2D eigenvalue weighted by Crippen LogP contribution is -2.31. The van der Waals surface area contributed by atoms with E-state index in [4.69, 9.17) is 0 Å². The molecule has 3 N–H and O–H groups in total. The van der Waals surface area contributed by atoms with Gasteiger partial charge >= 0.3 is 0 Å². The number of nitrogens with one attached hydrogen (secondary N) is 2. The molecular formula is C16H18F3N3O2. The second kappa shape index (κ2) is 7.48. The van der Waals surface area contributed by atoms with Gasteiger partial charge in [0, 0.05) is 5.69 Å². The van der Waals surface area contributed by atoms with Gasteiger partial charge in [-0.25, -0.2) is 13.2 Å². The molecule has 130 valence electrons. The number of aromatic amines is 1. The maximum Gasteiger partial charge on any atom is 0.272 e. The van der Waals surface area contributed by atoms with Crippen molar-refractivity contribution in [2.24, 2.45) is 5.92 Å². The Kier molecular flexibility index (Phi) is 5.61. The van der Waals surface area contributed by atoms with Crippen LogP contribution < -0.4 is 5.32 Å². The first-order chi connectivity index (χ1) is 11.3. The topological polar surface area (TPSA) is 78.0 Å². The second-order valence-electron chi connectivity index (χ2n) is 5.88. The van der Waals surface area contributed by atoms with Crippen LogP contribution in [0.4, 0.5) is 13.2 Å². The van der Waals surface area contributed by atoms with Crippen molar-refractivity contribution in [3.63, 3.8) is 0 Å². The molecule has 24 heavy (non-hydrogen) atoms. The molecule has 1 atom stereocenters. The number of H-pyrrole nitrogens is 1. The first-order valence-corrected chi connectivity index (χ1v) is 7.42. The zero-order valence-corrected chi connectivity index (χ0v) is 13.2. The number of benzene rings is 1. The number of hydrogen-bond acceptors (Lipinski definition) is 3. The summed E-state index contributed by atoms with van der Waals surface area (Å²) in [5.41, 5.74) is 0.780. The summed E-state index contributed by atoms with van der Waals surface area (Å²) in [4.78, 5) is 12.2. The third-order valence-electron chi connectivity index (χ3n) is 3.39. The Bertz CT molecular complexity index is 708. The molecule has 1 aromatic heterocycles. The van der Waals surface area contributed by atoms with Gasteiger partial charge in [-0.05, 0) is 36.1 Å². The fourth-order valence-electron chi connectivity index (χ4n) is 2.27. The van der Waals surface area contributed by atoms with Crippen LogP contribution in [0.1, 0.15) is 41.6 Å². The lowest BCUT2D eigenvalue weighted by Gasteiger charge is -2.16. The van der Waals surface area contributed by atoms with Crippen LogP contribution in [-0.2, 0) is 6.42 Å². The molecule has 0 aliphatic carbocycles. The molecule has 0 saturated carbocycles. The van der Waals surface area contributed by atoms with E-state index in [1.54, 1.807) is 6.07 Å². The van der Waals surface area contributed by atoms with Gasteiger partial charge < -0.3 is 10.4 Å². The van der Waals surface area contributed by atoms with Crippen molar-refractivity contribution in [3.05, 3.63) is 52.6 Å². The molecular weight excluding hydrogens is 323 g/mol. The number of rotatable bonds is 6. The fraction of sp³-hybridized carbons (Fsp3) is 0.375. The van der Waals surface area contributed by atoms with Gasteiger partial charge in [-0.2, -0.15) is 5.10 Å². The van der Waals surface area contributed by atoms with E-state index in [1.807, 2.05) is 13.8 Å². The maximum atomic E-state index is 13.3. The maximum absolute atomic E-state index is 13.3. The quantitative estimate of drug-likeness (QED) is 0.707. The first-order valence-electron chi connectivity index (χ1n) is 7.42. The standard InChI is InChI=1S/C16H18F3N3O2/c1-8(2)3-10-6-13(22-21-10)16(24)20-14(7-23)9-4-11(17)15(19)12(18)5-9/h4-6,8,14,23H,3,7H2,1-2H3,(H,20,24)(H,21,22). The van der Waals surface area contributed by atoms with Crippen LogP contribution in [0.2, 0.25) is 0 Å². The van der Waals surface area contributed by atoms with Gasteiger partial charge in [-0.1, -0.05) is 13.8 Å². The Morgan fingerprint density at radius 3 is 2.42 bits per heavy atom. The van der Waals surface area contributed by atoms with E-state index in [2.05, 4.69) is 15.5 Å². The molecule has 0 radical (unpaired) electrons. The number of amides is 1. The number of aliphatic hydroxyl groups is 1. The van der Waals surface area contributed by atoms with Crippen LogP contribution >= 0.6 is 0 Å². The third-order valence-corrected chi connectivity index (χ3v) is 3.39. The Morgan fingerprint density at radius 2 is 1.88 bits per heavy atom. The van der Waals surface area contributed by atoms with Gasteiger partial charge in [0.1, 0.15) is 5.69 Å². The van der Waals surface area contributed by atoms with Crippen molar-refractivity contribution in [2.75, 3.05) is 6.61 Å². The normalized spacial score (nSPS) is 12.5. The number of carbonyl (C=O) groups is 1. The van der Waals surface area contributed by atoms with Crippen molar-refractivity contribution >= 4 is 5.91 Å². The van der Waals surface area contributed by atoms with Crippen LogP contribution in [0.3, 0.4) is 0 Å². The zero-order chi connectivity index (χ0) is 17.9. The van der Waals surface area contributed by atoms with Crippen LogP contribution in [0.5, 0.6) is 0 Å². The Balaban J connectivity index is 2.15. The number of hydrogen-bond donors (Lipinski definition) is 3. The van der Waals surface area contributed by atoms with Gasteiger partial charge in [-0.15, -0.1) is 0 Å². The van der Waals surface area contributed by atoms with E-state index >= 15 is 0 Å². The number of aliphatic hydroxyl groups excluding tert-OH is 1. The largest absolute Gasteiger partial charge is 0.394 e. The van der Waals surface area contributed by atoms with Crippen LogP contribution in [0, 0.1) is 23.4 Å². The summed E-state index contributed by atoms with van der Waals surface area (Å²) in [6.07, 6.45) is 0.706. The molecule has 1 aromatic carbocycles. The van der Waals surface area contributed by atoms with Crippen LogP contribution in [0.25, 0.3) is 0 Å². The minimum Gasteiger partial charge on any atom is -0.394 e. The number of carbonyl (C=O) groups excluding carboxylic acids is 1. The van der Waals surface area contributed by atoms with Crippen molar-refractivity contribution in [3.8, 4) is 0 Å². The lowest BCUT2D eigenvalue weighted by atomic mass is 10.1. The molecule has 0 bridgehead atoms. The Labute approximate surface area is 136 Å². The highest BCUT2D eigenvalue weighted by atomic mass is 19.2. The predicted octanol–water partition coefficient (Wildman–Crippen LogP) is 2.49. The van der Waals surface area contributed by atoms with Gasteiger partial charge in [0.15, 0.2) is 17.5 Å². The van der Waals surface area contributed by atoms with E-state index < -0.39 is 36.0 Å². The smallest absolute Gasteiger partial charge is 0.272 e. The molecule has 2 rings (SSSR count). The van der Waals surface area contributed by atoms with Crippen molar-refractivity contribution in [1.82, 2.24) is 15.5 Å². The van der Waals surface area contributed by atoms with Gasteiger partial charge in [0.05, 0.1) is 12.6 Å². The van der Waals surface area contributed by atoms with Crippen molar-refractivity contribution < 1.29 is 23.1 Å². The highest BCUT2D eigenvalue weighted by Gasteiger charge is 2.20. The predicted molar refractivity (Wildman–Crippen MR) is 80.7 cm³/mol. The fourth-order valence-corrected chi connectivity index (χ4v) is 2.27. The molecule has 5 nitrogen and oxygen atoms in total. The molecule has 0 saturated heterocycles. The van der Waals surface area contributed by atoms with Crippen LogP contribution in [0.15, 0.2) is 18.2 Å².